The van der Waals surface area contributed by atoms with Crippen molar-refractivity contribution >= 4 is 34.5 Å². The van der Waals surface area contributed by atoms with Crippen LogP contribution >= 0.6 is 22.9 Å². The van der Waals surface area contributed by atoms with E-state index < -0.39 is 0 Å². The second-order valence-corrected chi connectivity index (χ2v) is 7.14. The molecule has 1 aliphatic rings. The summed E-state index contributed by atoms with van der Waals surface area (Å²) in [5.41, 5.74) is 1.62. The number of aromatic nitrogens is 2. The summed E-state index contributed by atoms with van der Waals surface area (Å²) in [7, 11) is 0. The molecule has 7 heteroatoms. The standard InChI is InChI=1S/C18H17ClN4OS/c19-14-4-3-5-15(12-14)21-8-10-22(11-9-21)17(24)16-13-25-18(20-16)23-6-1-2-7-23/h1-7,12-13H,8-11H2. The molecule has 0 atom stereocenters. The summed E-state index contributed by atoms with van der Waals surface area (Å²) in [5, 5.41) is 3.38. The van der Waals surface area contributed by atoms with Gasteiger partial charge in [-0.15, -0.1) is 11.3 Å². The number of thiazole rings is 1. The highest BCUT2D eigenvalue weighted by Gasteiger charge is 2.24. The molecule has 0 unspecified atom stereocenters. The van der Waals surface area contributed by atoms with Crippen molar-refractivity contribution in [2.24, 2.45) is 0 Å². The Morgan fingerprint density at radius 1 is 1.08 bits per heavy atom. The average Bonchev–Trinajstić information content (AvgIpc) is 3.32. The lowest BCUT2D eigenvalue weighted by molar-refractivity contribution is 0.0741. The number of carbonyl (C=O) groups excluding carboxylic acids is 1. The van der Waals surface area contributed by atoms with Crippen LogP contribution < -0.4 is 4.90 Å². The number of hydrogen-bond acceptors (Lipinski definition) is 4. The van der Waals surface area contributed by atoms with Crippen LogP contribution in [0.3, 0.4) is 0 Å². The lowest BCUT2D eigenvalue weighted by Gasteiger charge is -2.35. The van der Waals surface area contributed by atoms with Gasteiger partial charge in [0.15, 0.2) is 5.13 Å². The zero-order valence-electron chi connectivity index (χ0n) is 13.5. The molecule has 1 aromatic carbocycles. The fraction of sp³-hybridized carbons (Fsp3) is 0.222. The fourth-order valence-electron chi connectivity index (χ4n) is 2.95. The molecule has 4 rings (SSSR count). The van der Waals surface area contributed by atoms with Gasteiger partial charge in [-0.3, -0.25) is 4.79 Å². The number of piperazine rings is 1. The van der Waals surface area contributed by atoms with E-state index in [1.54, 1.807) is 0 Å². The number of benzene rings is 1. The SMILES string of the molecule is O=C(c1csc(-n2cccc2)n1)N1CCN(c2cccc(Cl)c2)CC1. The third-order valence-electron chi connectivity index (χ3n) is 4.28. The van der Waals surface area contributed by atoms with Crippen LogP contribution in [0, 0.1) is 0 Å². The molecule has 3 heterocycles. The van der Waals surface area contributed by atoms with Crippen LogP contribution in [0.4, 0.5) is 5.69 Å². The van der Waals surface area contributed by atoms with Gasteiger partial charge < -0.3 is 14.4 Å². The Balaban J connectivity index is 1.41. The van der Waals surface area contributed by atoms with Crippen molar-refractivity contribution in [1.82, 2.24) is 14.5 Å². The summed E-state index contributed by atoms with van der Waals surface area (Å²) in [4.78, 5) is 21.3. The minimum Gasteiger partial charge on any atom is -0.368 e. The van der Waals surface area contributed by atoms with Crippen LogP contribution in [0.15, 0.2) is 54.2 Å². The monoisotopic (exact) mass is 372 g/mol. The smallest absolute Gasteiger partial charge is 0.273 e. The van der Waals surface area contributed by atoms with E-state index in [1.807, 2.05) is 63.6 Å². The van der Waals surface area contributed by atoms with E-state index in [9.17, 15) is 4.79 Å². The number of halogens is 1. The van der Waals surface area contributed by atoms with E-state index in [0.29, 0.717) is 18.8 Å². The molecule has 0 saturated carbocycles. The van der Waals surface area contributed by atoms with Crippen molar-refractivity contribution in [3.8, 4) is 5.13 Å². The molecule has 0 bridgehead atoms. The second-order valence-electron chi connectivity index (χ2n) is 5.86. The second kappa shape index (κ2) is 6.90. The molecule has 0 radical (unpaired) electrons. The maximum absolute atomic E-state index is 12.7. The number of carbonyl (C=O) groups is 1. The van der Waals surface area contributed by atoms with Crippen molar-refractivity contribution in [3.05, 3.63) is 64.9 Å². The number of anilines is 1. The highest BCUT2D eigenvalue weighted by molar-refractivity contribution is 7.12. The Labute approximate surface area is 155 Å². The first-order chi connectivity index (χ1) is 12.2. The summed E-state index contributed by atoms with van der Waals surface area (Å²) in [6.07, 6.45) is 3.85. The summed E-state index contributed by atoms with van der Waals surface area (Å²) in [6.45, 7) is 2.95. The molecule has 1 amide bonds. The van der Waals surface area contributed by atoms with Gasteiger partial charge in [0.25, 0.3) is 5.91 Å². The quantitative estimate of drug-likeness (QED) is 0.706. The van der Waals surface area contributed by atoms with Crippen LogP contribution in [-0.2, 0) is 0 Å². The van der Waals surface area contributed by atoms with Crippen molar-refractivity contribution in [2.45, 2.75) is 0 Å². The summed E-state index contributed by atoms with van der Waals surface area (Å²) in [5.74, 6) is 0.000371. The van der Waals surface area contributed by atoms with Crippen molar-refractivity contribution < 1.29 is 4.79 Å². The zero-order valence-corrected chi connectivity index (χ0v) is 15.1. The summed E-state index contributed by atoms with van der Waals surface area (Å²) < 4.78 is 1.92. The third-order valence-corrected chi connectivity index (χ3v) is 5.37. The Bertz CT molecular complexity index is 869. The molecule has 1 fully saturated rings. The molecule has 3 aromatic rings. The van der Waals surface area contributed by atoms with Gasteiger partial charge in [0.2, 0.25) is 0 Å². The number of amides is 1. The highest BCUT2D eigenvalue weighted by atomic mass is 35.5. The van der Waals surface area contributed by atoms with E-state index in [-0.39, 0.29) is 5.91 Å². The van der Waals surface area contributed by atoms with Crippen molar-refractivity contribution in [1.29, 1.82) is 0 Å². The molecular weight excluding hydrogens is 356 g/mol. The van der Waals surface area contributed by atoms with E-state index in [4.69, 9.17) is 11.6 Å². The van der Waals surface area contributed by atoms with Crippen LogP contribution in [0.1, 0.15) is 10.5 Å². The first-order valence-corrected chi connectivity index (χ1v) is 9.35. The Kier molecular flexibility index (Phi) is 4.46. The Morgan fingerprint density at radius 3 is 2.56 bits per heavy atom. The first kappa shape index (κ1) is 16.2. The van der Waals surface area contributed by atoms with Gasteiger partial charge in [-0.05, 0) is 30.3 Å². The minimum absolute atomic E-state index is 0.000371. The first-order valence-electron chi connectivity index (χ1n) is 8.09. The predicted octanol–water partition coefficient (Wildman–Crippen LogP) is 3.55. The fourth-order valence-corrected chi connectivity index (χ4v) is 3.90. The molecule has 5 nitrogen and oxygen atoms in total. The molecule has 0 spiro atoms. The van der Waals surface area contributed by atoms with Crippen molar-refractivity contribution in [2.75, 3.05) is 31.1 Å². The van der Waals surface area contributed by atoms with Gasteiger partial charge in [0, 0.05) is 54.7 Å². The summed E-state index contributed by atoms with van der Waals surface area (Å²) >= 11 is 7.55. The third kappa shape index (κ3) is 3.41. The van der Waals surface area contributed by atoms with E-state index in [1.165, 1.54) is 11.3 Å². The molecule has 0 N–H and O–H groups in total. The van der Waals surface area contributed by atoms with Crippen molar-refractivity contribution in [3.63, 3.8) is 0 Å². The normalized spacial score (nSPS) is 14.8. The Hall–Kier alpha value is -2.31. The molecule has 2 aromatic heterocycles. The van der Waals surface area contributed by atoms with E-state index in [2.05, 4.69) is 9.88 Å². The van der Waals surface area contributed by atoms with Gasteiger partial charge in [-0.25, -0.2) is 4.98 Å². The number of rotatable bonds is 3. The highest BCUT2D eigenvalue weighted by Crippen LogP contribution is 2.22. The number of nitrogens with zero attached hydrogens (tertiary/aromatic N) is 4. The maximum atomic E-state index is 12.7. The van der Waals surface area contributed by atoms with Gasteiger partial charge >= 0.3 is 0 Å². The lowest BCUT2D eigenvalue weighted by Crippen LogP contribution is -2.48. The Morgan fingerprint density at radius 2 is 1.84 bits per heavy atom. The average molecular weight is 373 g/mol. The molecule has 128 valence electrons. The van der Waals surface area contributed by atoms with Crippen LogP contribution in [-0.4, -0.2) is 46.5 Å². The summed E-state index contributed by atoms with van der Waals surface area (Å²) in [6, 6.07) is 11.7. The molecule has 1 saturated heterocycles. The molecule has 25 heavy (non-hydrogen) atoms. The van der Waals surface area contributed by atoms with Gasteiger partial charge in [-0.1, -0.05) is 17.7 Å². The van der Waals surface area contributed by atoms with E-state index >= 15 is 0 Å². The van der Waals surface area contributed by atoms with Crippen LogP contribution in [0.25, 0.3) is 5.13 Å². The molecular formula is C18H17ClN4OS. The van der Waals surface area contributed by atoms with Gasteiger partial charge in [0.05, 0.1) is 0 Å². The largest absolute Gasteiger partial charge is 0.368 e. The maximum Gasteiger partial charge on any atom is 0.273 e. The zero-order chi connectivity index (χ0) is 17.2. The number of hydrogen-bond donors (Lipinski definition) is 0. The molecule has 1 aliphatic heterocycles. The lowest BCUT2D eigenvalue weighted by atomic mass is 10.2. The van der Waals surface area contributed by atoms with Gasteiger partial charge in [-0.2, -0.15) is 0 Å². The predicted molar refractivity (Wildman–Crippen MR) is 101 cm³/mol. The molecule has 0 aliphatic carbocycles. The minimum atomic E-state index is 0.000371. The van der Waals surface area contributed by atoms with E-state index in [0.717, 1.165) is 28.9 Å². The van der Waals surface area contributed by atoms with Crippen LogP contribution in [0.5, 0.6) is 0 Å². The van der Waals surface area contributed by atoms with Crippen LogP contribution in [0.2, 0.25) is 5.02 Å². The van der Waals surface area contributed by atoms with Gasteiger partial charge in [0.1, 0.15) is 5.69 Å². The topological polar surface area (TPSA) is 41.4 Å².